The highest BCUT2D eigenvalue weighted by atomic mass is 31.2. The van der Waals surface area contributed by atoms with Gasteiger partial charge in [-0.25, -0.2) is 4.57 Å². The summed E-state index contributed by atoms with van der Waals surface area (Å²) in [6.07, 6.45) is 25.3. The first-order valence-corrected chi connectivity index (χ1v) is 16.5. The van der Waals surface area contributed by atoms with Crippen molar-refractivity contribution < 1.29 is 37.6 Å². The van der Waals surface area contributed by atoms with E-state index in [9.17, 15) is 19.0 Å². The maximum atomic E-state index is 12.3. The smallest absolute Gasteiger partial charge is 0.462 e. The van der Waals surface area contributed by atoms with Crippen molar-refractivity contribution in [2.75, 3.05) is 20.3 Å². The molecule has 0 spiro atoms. The number of carbonyl (C=O) groups excluding carboxylic acids is 2. The van der Waals surface area contributed by atoms with Gasteiger partial charge in [0, 0.05) is 20.0 Å². The van der Waals surface area contributed by atoms with Gasteiger partial charge in [-0.1, -0.05) is 89.5 Å². The van der Waals surface area contributed by atoms with Crippen LogP contribution in [-0.4, -0.2) is 43.3 Å². The Morgan fingerprint density at radius 2 is 1.15 bits per heavy atom. The minimum absolute atomic E-state index is 0.232. The summed E-state index contributed by atoms with van der Waals surface area (Å²) >= 11 is 0. The van der Waals surface area contributed by atoms with E-state index in [1.165, 1.54) is 12.8 Å². The van der Waals surface area contributed by atoms with E-state index in [0.717, 1.165) is 90.6 Å². The predicted octanol–water partition coefficient (Wildman–Crippen LogP) is 8.38. The molecule has 228 valence electrons. The number of esters is 2. The summed E-state index contributed by atoms with van der Waals surface area (Å²) in [5, 5.41) is 0. The Morgan fingerprint density at radius 1 is 0.692 bits per heavy atom. The number of phosphoric acid groups is 1. The quantitative estimate of drug-likeness (QED) is 0.0451. The van der Waals surface area contributed by atoms with Crippen LogP contribution in [0.25, 0.3) is 0 Å². The van der Waals surface area contributed by atoms with Gasteiger partial charge < -0.3 is 14.4 Å². The van der Waals surface area contributed by atoms with Crippen LogP contribution in [-0.2, 0) is 32.7 Å². The zero-order valence-electron chi connectivity index (χ0n) is 24.8. The largest absolute Gasteiger partial charge is 0.472 e. The Bertz CT molecular complexity index is 707. The number of carbonyl (C=O) groups is 2. The van der Waals surface area contributed by atoms with Crippen LogP contribution in [0, 0.1) is 0 Å². The molecule has 1 N–H and O–H groups in total. The van der Waals surface area contributed by atoms with Gasteiger partial charge in [0.05, 0.1) is 6.61 Å². The number of hydrogen-bond donors (Lipinski definition) is 1. The summed E-state index contributed by atoms with van der Waals surface area (Å²) in [6, 6.07) is 0. The second kappa shape index (κ2) is 26.7. The van der Waals surface area contributed by atoms with Gasteiger partial charge in [0.15, 0.2) is 6.10 Å². The summed E-state index contributed by atoms with van der Waals surface area (Å²) in [7, 11) is -3.20. The Balaban J connectivity index is 4.21. The standard InChI is InChI=1S/C30H55O8P/c1-4-6-8-10-12-14-16-18-20-22-24-29(31)36-26-28(27-37-39(33,34)35-3)38-30(32)25-23-21-19-17-15-13-11-9-7-5-2/h8-11,28H,4-7,12-27H2,1-3H3,(H,33,34)/b10-8-,11-9-. The molecule has 0 heterocycles. The molecule has 0 bridgehead atoms. The van der Waals surface area contributed by atoms with Gasteiger partial charge in [-0.2, -0.15) is 0 Å². The highest BCUT2D eigenvalue weighted by molar-refractivity contribution is 7.47. The minimum Gasteiger partial charge on any atom is -0.462 e. The van der Waals surface area contributed by atoms with E-state index in [1.807, 2.05) is 0 Å². The second-order valence-corrected chi connectivity index (χ2v) is 11.4. The predicted molar refractivity (Wildman–Crippen MR) is 156 cm³/mol. The van der Waals surface area contributed by atoms with Crippen molar-refractivity contribution in [1.29, 1.82) is 0 Å². The van der Waals surface area contributed by atoms with Crippen LogP contribution in [0.15, 0.2) is 24.3 Å². The molecule has 0 rings (SSSR count). The van der Waals surface area contributed by atoms with Crippen LogP contribution in [0.2, 0.25) is 0 Å². The third kappa shape index (κ3) is 26.5. The lowest BCUT2D eigenvalue weighted by Gasteiger charge is -2.19. The molecule has 2 atom stereocenters. The van der Waals surface area contributed by atoms with Crippen molar-refractivity contribution >= 4 is 19.8 Å². The third-order valence-electron chi connectivity index (χ3n) is 6.13. The van der Waals surface area contributed by atoms with Crippen LogP contribution < -0.4 is 0 Å². The van der Waals surface area contributed by atoms with E-state index < -0.39 is 26.5 Å². The average Bonchev–Trinajstić information content (AvgIpc) is 2.92. The third-order valence-corrected chi connectivity index (χ3v) is 7.07. The van der Waals surface area contributed by atoms with E-state index in [0.29, 0.717) is 6.42 Å². The molecule has 8 nitrogen and oxygen atoms in total. The first-order valence-electron chi connectivity index (χ1n) is 15.0. The normalized spacial score (nSPS) is 14.1. The number of phosphoric ester groups is 1. The molecular weight excluding hydrogens is 519 g/mol. The molecule has 0 saturated heterocycles. The lowest BCUT2D eigenvalue weighted by Crippen LogP contribution is -2.29. The fourth-order valence-electron chi connectivity index (χ4n) is 3.78. The molecule has 0 amide bonds. The summed E-state index contributed by atoms with van der Waals surface area (Å²) in [4.78, 5) is 34.0. The van der Waals surface area contributed by atoms with Crippen molar-refractivity contribution in [2.45, 2.75) is 136 Å². The van der Waals surface area contributed by atoms with Gasteiger partial charge in [-0.05, 0) is 51.4 Å². The summed E-state index contributed by atoms with van der Waals surface area (Å²) in [5.74, 6) is -0.834. The molecule has 9 heteroatoms. The van der Waals surface area contributed by atoms with Crippen molar-refractivity contribution in [1.82, 2.24) is 0 Å². The van der Waals surface area contributed by atoms with Crippen LogP contribution in [0.5, 0.6) is 0 Å². The molecule has 0 aromatic rings. The maximum Gasteiger partial charge on any atom is 0.472 e. The topological polar surface area (TPSA) is 108 Å². The highest BCUT2D eigenvalue weighted by Crippen LogP contribution is 2.42. The summed E-state index contributed by atoms with van der Waals surface area (Å²) in [5.41, 5.74) is 0. The van der Waals surface area contributed by atoms with E-state index in [-0.39, 0.29) is 25.4 Å². The second-order valence-electron chi connectivity index (χ2n) is 9.87. The Morgan fingerprint density at radius 3 is 1.67 bits per heavy atom. The van der Waals surface area contributed by atoms with Crippen LogP contribution >= 0.6 is 7.82 Å². The fraction of sp³-hybridized carbons (Fsp3) is 0.800. The molecule has 39 heavy (non-hydrogen) atoms. The van der Waals surface area contributed by atoms with Gasteiger partial charge in [-0.3, -0.25) is 18.6 Å². The lowest BCUT2D eigenvalue weighted by molar-refractivity contribution is -0.161. The van der Waals surface area contributed by atoms with Gasteiger partial charge in [-0.15, -0.1) is 0 Å². The Labute approximate surface area is 237 Å². The molecule has 0 aliphatic rings. The molecule has 0 saturated carbocycles. The van der Waals surface area contributed by atoms with Gasteiger partial charge in [0.2, 0.25) is 0 Å². The highest BCUT2D eigenvalue weighted by Gasteiger charge is 2.24. The van der Waals surface area contributed by atoms with Gasteiger partial charge in [0.1, 0.15) is 6.61 Å². The molecule has 0 aromatic carbocycles. The number of rotatable bonds is 27. The monoisotopic (exact) mass is 574 g/mol. The van der Waals surface area contributed by atoms with Crippen molar-refractivity contribution in [2.24, 2.45) is 0 Å². The van der Waals surface area contributed by atoms with Gasteiger partial charge in [0.25, 0.3) is 0 Å². The van der Waals surface area contributed by atoms with Gasteiger partial charge >= 0.3 is 19.8 Å². The maximum absolute atomic E-state index is 12.3. The average molecular weight is 575 g/mol. The SMILES string of the molecule is CCC/C=C\CCCCCCCC(=O)OCC(COP(=O)(O)OC)OC(=O)CCCCCCC/C=C\CCC. The molecule has 0 aliphatic carbocycles. The van der Waals surface area contributed by atoms with Crippen LogP contribution in [0.3, 0.4) is 0 Å². The van der Waals surface area contributed by atoms with Crippen LogP contribution in [0.1, 0.15) is 129 Å². The molecule has 0 aliphatic heterocycles. The molecular formula is C30H55O8P. The summed E-state index contributed by atoms with van der Waals surface area (Å²) < 4.78 is 31.6. The molecule has 0 fully saturated rings. The number of hydrogen-bond acceptors (Lipinski definition) is 7. The Kier molecular flexibility index (Phi) is 25.7. The number of unbranched alkanes of at least 4 members (excludes halogenated alkanes) is 12. The Hall–Kier alpha value is -1.47. The first-order chi connectivity index (χ1) is 18.8. The van der Waals surface area contributed by atoms with Crippen molar-refractivity contribution in [3.63, 3.8) is 0 Å². The fourth-order valence-corrected chi connectivity index (χ4v) is 4.24. The van der Waals surface area contributed by atoms with E-state index >= 15 is 0 Å². The lowest BCUT2D eigenvalue weighted by atomic mass is 10.1. The van der Waals surface area contributed by atoms with E-state index in [4.69, 9.17) is 14.0 Å². The first kappa shape index (κ1) is 37.5. The molecule has 0 radical (unpaired) electrons. The number of ether oxygens (including phenoxy) is 2. The van der Waals surface area contributed by atoms with Crippen molar-refractivity contribution in [3.05, 3.63) is 24.3 Å². The van der Waals surface area contributed by atoms with E-state index in [1.54, 1.807) is 0 Å². The zero-order valence-corrected chi connectivity index (χ0v) is 25.7. The number of allylic oxidation sites excluding steroid dienone is 4. The van der Waals surface area contributed by atoms with Crippen LogP contribution in [0.4, 0.5) is 0 Å². The van der Waals surface area contributed by atoms with E-state index in [2.05, 4.69) is 42.7 Å². The van der Waals surface area contributed by atoms with Crippen molar-refractivity contribution in [3.8, 4) is 0 Å². The molecule has 2 unspecified atom stereocenters. The minimum atomic E-state index is -4.24. The zero-order chi connectivity index (χ0) is 29.0. The summed E-state index contributed by atoms with van der Waals surface area (Å²) in [6.45, 7) is 3.70. The molecule has 0 aromatic heterocycles.